The smallest absolute Gasteiger partial charge is 0.214 e. The van der Waals surface area contributed by atoms with E-state index in [1.54, 1.807) is 17.1 Å². The van der Waals surface area contributed by atoms with Crippen LogP contribution in [0.1, 0.15) is 38.6 Å². The fourth-order valence-electron chi connectivity index (χ4n) is 3.09. The fourth-order valence-corrected chi connectivity index (χ4v) is 4.92. The monoisotopic (exact) mass is 328 g/mol. The van der Waals surface area contributed by atoms with E-state index >= 15 is 0 Å². The van der Waals surface area contributed by atoms with E-state index in [-0.39, 0.29) is 17.7 Å². The Labute approximate surface area is 131 Å². The first-order chi connectivity index (χ1) is 10.5. The Morgan fingerprint density at radius 1 is 1.32 bits per heavy atom. The first kappa shape index (κ1) is 15.9. The molecule has 2 aliphatic rings. The summed E-state index contributed by atoms with van der Waals surface area (Å²) in [5, 5.41) is 7.67. The molecule has 7 nitrogen and oxygen atoms in total. The van der Waals surface area contributed by atoms with Crippen molar-refractivity contribution in [3.05, 3.63) is 12.4 Å². The van der Waals surface area contributed by atoms with Gasteiger partial charge in [-0.3, -0.25) is 0 Å². The molecule has 2 heterocycles. The van der Waals surface area contributed by atoms with Crippen molar-refractivity contribution in [2.75, 3.05) is 25.4 Å². The van der Waals surface area contributed by atoms with Gasteiger partial charge in [0.15, 0.2) is 0 Å². The second-order valence-corrected chi connectivity index (χ2v) is 8.49. The van der Waals surface area contributed by atoms with Crippen molar-refractivity contribution in [3.8, 4) is 0 Å². The number of sulfonamides is 1. The molecule has 1 saturated carbocycles. The van der Waals surface area contributed by atoms with E-state index in [1.807, 2.05) is 6.92 Å². The van der Waals surface area contributed by atoms with Crippen LogP contribution < -0.4 is 0 Å². The maximum Gasteiger partial charge on any atom is 0.214 e. The first-order valence-electron chi connectivity index (χ1n) is 8.00. The van der Waals surface area contributed by atoms with Crippen molar-refractivity contribution in [1.29, 1.82) is 0 Å². The molecule has 0 N–H and O–H groups in total. The van der Waals surface area contributed by atoms with Gasteiger partial charge in [0.1, 0.15) is 0 Å². The zero-order valence-electron chi connectivity index (χ0n) is 13.0. The molecule has 1 aliphatic carbocycles. The van der Waals surface area contributed by atoms with Crippen LogP contribution in [0.15, 0.2) is 12.4 Å². The molecule has 1 aromatic heterocycles. The Morgan fingerprint density at radius 2 is 2.05 bits per heavy atom. The molecule has 1 atom stereocenters. The molecular weight excluding hydrogens is 304 g/mol. The van der Waals surface area contributed by atoms with Crippen molar-refractivity contribution in [2.45, 2.75) is 44.8 Å². The maximum absolute atomic E-state index is 12.4. The third-order valence-electron chi connectivity index (χ3n) is 4.45. The van der Waals surface area contributed by atoms with Crippen molar-refractivity contribution in [1.82, 2.24) is 19.3 Å². The Bertz CT molecular complexity index is 563. The van der Waals surface area contributed by atoms with Gasteiger partial charge in [0, 0.05) is 19.3 Å². The number of nitrogens with zero attached hydrogens (tertiary/aromatic N) is 4. The molecule has 124 valence electrons. The van der Waals surface area contributed by atoms with Crippen molar-refractivity contribution in [3.63, 3.8) is 0 Å². The molecule has 3 rings (SSSR count). The van der Waals surface area contributed by atoms with Gasteiger partial charge in [-0.2, -0.15) is 4.31 Å². The van der Waals surface area contributed by atoms with E-state index in [1.165, 1.54) is 17.1 Å². The summed E-state index contributed by atoms with van der Waals surface area (Å²) in [6, 6.07) is 0.113. The Kier molecular flexibility index (Phi) is 4.79. The number of ether oxygens (including phenoxy) is 1. The second kappa shape index (κ2) is 6.64. The van der Waals surface area contributed by atoms with Gasteiger partial charge in [-0.25, -0.2) is 13.1 Å². The lowest BCUT2D eigenvalue weighted by molar-refractivity contribution is 0.0408. The number of hydrogen-bond donors (Lipinski definition) is 0. The standard InChI is InChI=1S/C14H24N4O3S/c1-12(10-21-14-4-2-3-5-14)11-22(19,20)17-8-13(9-17)18-7-6-15-16-18/h6-7,12-14H,2-5,8-11H2,1H3. The fraction of sp³-hybridized carbons (Fsp3) is 0.857. The number of rotatable bonds is 7. The minimum atomic E-state index is -3.20. The van der Waals surface area contributed by atoms with Crippen LogP contribution in [0.4, 0.5) is 0 Å². The molecule has 0 spiro atoms. The summed E-state index contributed by atoms with van der Waals surface area (Å²) in [6.07, 6.45) is 8.41. The molecule has 22 heavy (non-hydrogen) atoms. The summed E-state index contributed by atoms with van der Waals surface area (Å²) in [5.74, 6) is 0.181. The van der Waals surface area contributed by atoms with Gasteiger partial charge in [0.2, 0.25) is 10.0 Å². The normalized spacial score (nSPS) is 22.8. The Hall–Kier alpha value is -0.990. The summed E-state index contributed by atoms with van der Waals surface area (Å²) in [6.45, 7) is 3.45. The molecule has 1 saturated heterocycles. The lowest BCUT2D eigenvalue weighted by atomic mass is 10.2. The molecule has 0 aromatic carbocycles. The molecule has 0 amide bonds. The Morgan fingerprint density at radius 3 is 2.68 bits per heavy atom. The maximum atomic E-state index is 12.4. The Balaban J connectivity index is 1.43. The predicted octanol–water partition coefficient (Wildman–Crippen LogP) is 1.06. The summed E-state index contributed by atoms with van der Waals surface area (Å²) >= 11 is 0. The summed E-state index contributed by atoms with van der Waals surface area (Å²) in [7, 11) is -3.20. The molecular formula is C14H24N4O3S. The van der Waals surface area contributed by atoms with Crippen LogP contribution in [0.3, 0.4) is 0 Å². The van der Waals surface area contributed by atoms with E-state index < -0.39 is 10.0 Å². The van der Waals surface area contributed by atoms with E-state index in [2.05, 4.69) is 10.3 Å². The van der Waals surface area contributed by atoms with Crippen LogP contribution in [0.25, 0.3) is 0 Å². The topological polar surface area (TPSA) is 77.3 Å². The lowest BCUT2D eigenvalue weighted by Gasteiger charge is -2.38. The molecule has 1 aliphatic heterocycles. The highest BCUT2D eigenvalue weighted by Crippen LogP contribution is 2.25. The number of hydrogen-bond acceptors (Lipinski definition) is 5. The highest BCUT2D eigenvalue weighted by Gasteiger charge is 2.37. The summed E-state index contributed by atoms with van der Waals surface area (Å²) in [5.41, 5.74) is 0. The van der Waals surface area contributed by atoms with Gasteiger partial charge in [-0.05, 0) is 18.8 Å². The molecule has 1 unspecified atom stereocenters. The van der Waals surface area contributed by atoms with E-state index in [9.17, 15) is 8.42 Å². The van der Waals surface area contributed by atoms with Gasteiger partial charge >= 0.3 is 0 Å². The van der Waals surface area contributed by atoms with E-state index in [0.29, 0.717) is 25.8 Å². The molecule has 2 fully saturated rings. The minimum Gasteiger partial charge on any atom is -0.378 e. The second-order valence-electron chi connectivity index (χ2n) is 6.48. The average molecular weight is 328 g/mol. The van der Waals surface area contributed by atoms with Gasteiger partial charge < -0.3 is 4.74 Å². The molecule has 1 aromatic rings. The van der Waals surface area contributed by atoms with Crippen LogP contribution in [0.2, 0.25) is 0 Å². The van der Waals surface area contributed by atoms with Crippen LogP contribution in [0, 0.1) is 5.92 Å². The molecule has 8 heteroatoms. The van der Waals surface area contributed by atoms with Crippen LogP contribution >= 0.6 is 0 Å². The van der Waals surface area contributed by atoms with Crippen molar-refractivity contribution in [2.24, 2.45) is 5.92 Å². The molecule has 0 bridgehead atoms. The van der Waals surface area contributed by atoms with Gasteiger partial charge in [0.25, 0.3) is 0 Å². The summed E-state index contributed by atoms with van der Waals surface area (Å²) in [4.78, 5) is 0. The quantitative estimate of drug-likeness (QED) is 0.748. The zero-order chi connectivity index (χ0) is 15.6. The van der Waals surface area contributed by atoms with Gasteiger partial charge in [0.05, 0.1) is 30.7 Å². The van der Waals surface area contributed by atoms with Gasteiger partial charge in [-0.1, -0.05) is 25.0 Å². The van der Waals surface area contributed by atoms with E-state index in [4.69, 9.17) is 4.74 Å². The third kappa shape index (κ3) is 3.67. The SMILES string of the molecule is CC(COC1CCCC1)CS(=O)(=O)N1CC(n2ccnn2)C1. The van der Waals surface area contributed by atoms with Crippen molar-refractivity contribution < 1.29 is 13.2 Å². The highest BCUT2D eigenvalue weighted by atomic mass is 32.2. The lowest BCUT2D eigenvalue weighted by Crippen LogP contribution is -2.52. The third-order valence-corrected chi connectivity index (χ3v) is 6.53. The van der Waals surface area contributed by atoms with Crippen LogP contribution in [-0.2, 0) is 14.8 Å². The largest absolute Gasteiger partial charge is 0.378 e. The predicted molar refractivity (Wildman–Crippen MR) is 81.8 cm³/mol. The van der Waals surface area contributed by atoms with E-state index in [0.717, 1.165) is 12.8 Å². The minimum absolute atomic E-state index is 0.0241. The van der Waals surface area contributed by atoms with Crippen LogP contribution in [-0.4, -0.2) is 59.3 Å². The molecule has 0 radical (unpaired) electrons. The zero-order valence-corrected chi connectivity index (χ0v) is 13.8. The highest BCUT2D eigenvalue weighted by molar-refractivity contribution is 7.89. The van der Waals surface area contributed by atoms with Gasteiger partial charge in [-0.15, -0.1) is 5.10 Å². The van der Waals surface area contributed by atoms with Crippen molar-refractivity contribution >= 4 is 10.0 Å². The van der Waals surface area contributed by atoms with Crippen LogP contribution in [0.5, 0.6) is 0 Å². The first-order valence-corrected chi connectivity index (χ1v) is 9.61. The number of aromatic nitrogens is 3. The average Bonchev–Trinajstić information content (AvgIpc) is 3.06. The summed E-state index contributed by atoms with van der Waals surface area (Å²) < 4.78 is 33.8.